The summed E-state index contributed by atoms with van der Waals surface area (Å²) in [7, 11) is 0. The van der Waals surface area contributed by atoms with Crippen LogP contribution in [0.25, 0.3) is 0 Å². The molecule has 1 atom stereocenters. The Morgan fingerprint density at radius 1 is 1.14 bits per heavy atom. The van der Waals surface area contributed by atoms with E-state index in [2.05, 4.69) is 31.5 Å². The fourth-order valence-electron chi connectivity index (χ4n) is 2.57. The number of amides is 1. The molecule has 1 unspecified atom stereocenters. The molecular formula is C18H19N8O2+. The Bertz CT molecular complexity index is 1020. The molecule has 28 heavy (non-hydrogen) atoms. The summed E-state index contributed by atoms with van der Waals surface area (Å²) in [5, 5.41) is 8.63. The number of carbonyl (C=O) groups excluding carboxylic acids is 1. The van der Waals surface area contributed by atoms with Crippen molar-refractivity contribution in [2.75, 3.05) is 22.1 Å². The van der Waals surface area contributed by atoms with E-state index in [1.165, 1.54) is 12.3 Å². The average molecular weight is 379 g/mol. The monoisotopic (exact) mass is 379 g/mol. The number of quaternary nitrogens is 1. The molecule has 10 nitrogen and oxygen atoms in total. The number of para-hydroxylation sites is 1. The van der Waals surface area contributed by atoms with Crippen molar-refractivity contribution in [3.05, 3.63) is 65.2 Å². The highest BCUT2D eigenvalue weighted by atomic mass is 16.3. The van der Waals surface area contributed by atoms with Crippen LogP contribution in [-0.4, -0.2) is 15.9 Å². The van der Waals surface area contributed by atoms with E-state index in [-0.39, 0.29) is 11.6 Å². The number of nitrogens with zero attached hydrogens (tertiary/aromatic N) is 3. The quantitative estimate of drug-likeness (QED) is 0.320. The number of rotatable bonds is 6. The van der Waals surface area contributed by atoms with Crippen LogP contribution in [0.5, 0.6) is 0 Å². The molecular weight excluding hydrogens is 360 g/mol. The van der Waals surface area contributed by atoms with Crippen molar-refractivity contribution < 1.29 is 10.5 Å². The SMILES string of the molecule is Nc1nccc(Nc2ccc(N)c(C([NH3+])C(=O)Nc3ccccc3N=O)c2)n1. The van der Waals surface area contributed by atoms with Gasteiger partial charge in [-0.2, -0.15) is 4.98 Å². The number of nitrogen functional groups attached to an aromatic ring is 2. The van der Waals surface area contributed by atoms with Crippen LogP contribution < -0.4 is 27.8 Å². The second kappa shape index (κ2) is 8.10. The summed E-state index contributed by atoms with van der Waals surface area (Å²) >= 11 is 0. The largest absolute Gasteiger partial charge is 0.398 e. The van der Waals surface area contributed by atoms with Crippen LogP contribution >= 0.6 is 0 Å². The summed E-state index contributed by atoms with van der Waals surface area (Å²) in [6.45, 7) is 0. The molecule has 0 fully saturated rings. The van der Waals surface area contributed by atoms with Gasteiger partial charge in [-0.25, -0.2) is 4.98 Å². The lowest BCUT2D eigenvalue weighted by Gasteiger charge is -2.14. The van der Waals surface area contributed by atoms with E-state index in [4.69, 9.17) is 11.5 Å². The van der Waals surface area contributed by atoms with Gasteiger partial charge in [-0.1, -0.05) is 12.1 Å². The molecule has 0 saturated carbocycles. The summed E-state index contributed by atoms with van der Waals surface area (Å²) in [6, 6.07) is 12.4. The van der Waals surface area contributed by atoms with E-state index in [1.807, 2.05) is 0 Å². The molecule has 0 saturated heterocycles. The van der Waals surface area contributed by atoms with Gasteiger partial charge in [0, 0.05) is 23.1 Å². The van der Waals surface area contributed by atoms with Crippen molar-refractivity contribution in [3.8, 4) is 0 Å². The number of aromatic nitrogens is 2. The van der Waals surface area contributed by atoms with Crippen molar-refractivity contribution in [2.24, 2.45) is 5.18 Å². The van der Waals surface area contributed by atoms with Gasteiger partial charge < -0.3 is 27.8 Å². The van der Waals surface area contributed by atoms with Gasteiger partial charge in [0.15, 0.2) is 6.04 Å². The number of benzene rings is 2. The van der Waals surface area contributed by atoms with Gasteiger partial charge in [0.05, 0.1) is 5.69 Å². The lowest BCUT2D eigenvalue weighted by atomic mass is 10.0. The molecule has 0 bridgehead atoms. The Balaban J connectivity index is 1.81. The molecule has 0 aliphatic rings. The van der Waals surface area contributed by atoms with Crippen molar-refractivity contribution in [1.29, 1.82) is 0 Å². The number of anilines is 5. The van der Waals surface area contributed by atoms with E-state index >= 15 is 0 Å². The minimum absolute atomic E-state index is 0.132. The molecule has 0 spiro atoms. The minimum Gasteiger partial charge on any atom is -0.398 e. The molecule has 1 heterocycles. The third kappa shape index (κ3) is 4.19. The van der Waals surface area contributed by atoms with Gasteiger partial charge in [0.25, 0.3) is 5.91 Å². The van der Waals surface area contributed by atoms with Crippen LogP contribution in [0.3, 0.4) is 0 Å². The number of nitrogens with two attached hydrogens (primary N) is 2. The Hall–Kier alpha value is -4.05. The molecule has 3 rings (SSSR count). The van der Waals surface area contributed by atoms with Crippen LogP contribution in [0.1, 0.15) is 11.6 Å². The molecule has 9 N–H and O–H groups in total. The molecule has 2 aromatic carbocycles. The third-order valence-electron chi connectivity index (χ3n) is 3.99. The molecule has 3 aromatic rings. The predicted octanol–water partition coefficient (Wildman–Crippen LogP) is 1.70. The number of hydrogen-bond donors (Lipinski definition) is 5. The summed E-state index contributed by atoms with van der Waals surface area (Å²) in [5.41, 5.74) is 17.5. The van der Waals surface area contributed by atoms with Crippen molar-refractivity contribution in [1.82, 2.24) is 9.97 Å². The highest BCUT2D eigenvalue weighted by Gasteiger charge is 2.23. The molecule has 1 aromatic heterocycles. The van der Waals surface area contributed by atoms with E-state index in [0.29, 0.717) is 28.4 Å². The van der Waals surface area contributed by atoms with E-state index in [1.54, 1.807) is 42.5 Å². The smallest absolute Gasteiger partial charge is 0.287 e. The first kappa shape index (κ1) is 18.7. The fraction of sp³-hybridized carbons (Fsp3) is 0.0556. The van der Waals surface area contributed by atoms with Crippen LogP contribution in [0.15, 0.2) is 59.9 Å². The van der Waals surface area contributed by atoms with Gasteiger partial charge in [-0.15, -0.1) is 4.91 Å². The first-order valence-corrected chi connectivity index (χ1v) is 8.29. The van der Waals surface area contributed by atoms with Crippen molar-refractivity contribution in [2.45, 2.75) is 6.04 Å². The van der Waals surface area contributed by atoms with Crippen LogP contribution in [-0.2, 0) is 4.79 Å². The predicted molar refractivity (Wildman–Crippen MR) is 107 cm³/mol. The summed E-state index contributed by atoms with van der Waals surface area (Å²) in [6.07, 6.45) is 1.53. The second-order valence-electron chi connectivity index (χ2n) is 5.92. The number of carbonyl (C=O) groups is 1. The Morgan fingerprint density at radius 2 is 1.93 bits per heavy atom. The Labute approximate surface area is 160 Å². The zero-order chi connectivity index (χ0) is 20.1. The molecule has 0 aliphatic carbocycles. The summed E-state index contributed by atoms with van der Waals surface area (Å²) in [4.78, 5) is 31.4. The summed E-state index contributed by atoms with van der Waals surface area (Å²) in [5.74, 6) is 0.211. The van der Waals surface area contributed by atoms with E-state index < -0.39 is 11.9 Å². The fourth-order valence-corrected chi connectivity index (χ4v) is 2.57. The van der Waals surface area contributed by atoms with Crippen molar-refractivity contribution >= 4 is 40.4 Å². The van der Waals surface area contributed by atoms with Gasteiger partial charge in [-0.05, 0) is 41.6 Å². The normalized spacial score (nSPS) is 11.5. The minimum atomic E-state index is -0.822. The average Bonchev–Trinajstić information content (AvgIpc) is 2.69. The lowest BCUT2D eigenvalue weighted by Crippen LogP contribution is -2.59. The van der Waals surface area contributed by atoms with E-state index in [9.17, 15) is 9.70 Å². The molecule has 142 valence electrons. The Kier molecular flexibility index (Phi) is 5.42. The first-order chi connectivity index (χ1) is 13.5. The zero-order valence-corrected chi connectivity index (χ0v) is 14.8. The molecule has 1 amide bonds. The topological polar surface area (TPSA) is 176 Å². The Morgan fingerprint density at radius 3 is 2.68 bits per heavy atom. The maximum absolute atomic E-state index is 12.6. The van der Waals surface area contributed by atoms with Crippen molar-refractivity contribution in [3.63, 3.8) is 0 Å². The van der Waals surface area contributed by atoms with Crippen LogP contribution in [0.4, 0.5) is 34.5 Å². The maximum atomic E-state index is 12.6. The standard InChI is InChI=1S/C18H18N8O2/c19-12-6-5-10(23-15-7-8-22-18(21)25-15)9-11(12)16(20)17(27)24-13-3-1-2-4-14(13)26-28/h1-9,16H,19-20H2,(H,24,27)(H3,21,22,23,25)/p+1. The number of nitrogens with one attached hydrogen (secondary N) is 2. The van der Waals surface area contributed by atoms with Crippen LogP contribution in [0, 0.1) is 4.91 Å². The van der Waals surface area contributed by atoms with Crippen LogP contribution in [0.2, 0.25) is 0 Å². The molecule has 0 radical (unpaired) electrons. The highest BCUT2D eigenvalue weighted by Crippen LogP contribution is 2.27. The van der Waals surface area contributed by atoms with Gasteiger partial charge >= 0.3 is 0 Å². The second-order valence-corrected chi connectivity index (χ2v) is 5.92. The van der Waals surface area contributed by atoms with Gasteiger partial charge in [0.2, 0.25) is 5.95 Å². The lowest BCUT2D eigenvalue weighted by molar-refractivity contribution is -0.408. The highest BCUT2D eigenvalue weighted by molar-refractivity contribution is 5.97. The number of nitroso groups, excluding NO2 is 1. The molecule has 10 heteroatoms. The van der Waals surface area contributed by atoms with Gasteiger partial charge in [0.1, 0.15) is 11.5 Å². The van der Waals surface area contributed by atoms with Gasteiger partial charge in [-0.3, -0.25) is 4.79 Å². The maximum Gasteiger partial charge on any atom is 0.287 e. The molecule has 0 aliphatic heterocycles. The zero-order valence-electron chi connectivity index (χ0n) is 14.8. The summed E-state index contributed by atoms with van der Waals surface area (Å²) < 4.78 is 0. The van der Waals surface area contributed by atoms with E-state index in [0.717, 1.165) is 0 Å². The number of hydrogen-bond acceptors (Lipinski definition) is 8. The first-order valence-electron chi connectivity index (χ1n) is 8.29. The third-order valence-corrected chi connectivity index (χ3v) is 3.99.